The van der Waals surface area contributed by atoms with Crippen LogP contribution in [0.3, 0.4) is 0 Å². The minimum atomic E-state index is -3.69. The van der Waals surface area contributed by atoms with E-state index in [4.69, 9.17) is 16.1 Å². The number of nitrogens with one attached hydrogen (secondary N) is 1. The Morgan fingerprint density at radius 3 is 2.79 bits per heavy atom. The van der Waals surface area contributed by atoms with Gasteiger partial charge in [-0.3, -0.25) is 9.10 Å². The first-order valence-corrected chi connectivity index (χ1v) is 11.2. The van der Waals surface area contributed by atoms with E-state index >= 15 is 0 Å². The number of amides is 1. The number of carbonyl (C=O) groups excluding carboxylic acids is 1. The zero-order chi connectivity index (χ0) is 20.3. The Balaban J connectivity index is 1.66. The van der Waals surface area contributed by atoms with Crippen LogP contribution in [0.1, 0.15) is 11.5 Å². The molecular formula is C17H17ClN4O4S2. The maximum atomic E-state index is 12.3. The molecule has 0 aliphatic carbocycles. The predicted octanol–water partition coefficient (Wildman–Crippen LogP) is 2.84. The lowest BCUT2D eigenvalue weighted by molar-refractivity contribution is -0.119. The first-order valence-electron chi connectivity index (χ1n) is 8.11. The van der Waals surface area contributed by atoms with E-state index in [0.717, 1.165) is 21.0 Å². The fourth-order valence-electron chi connectivity index (χ4n) is 2.33. The summed E-state index contributed by atoms with van der Waals surface area (Å²) in [5, 5.41) is 8.75. The highest BCUT2D eigenvalue weighted by atomic mass is 35.5. The molecular weight excluding hydrogens is 424 g/mol. The molecule has 0 bridgehead atoms. The fraction of sp³-hybridized carbons (Fsp3) is 0.235. The van der Waals surface area contributed by atoms with Crippen LogP contribution in [-0.4, -0.2) is 37.3 Å². The maximum absolute atomic E-state index is 12.3. The van der Waals surface area contributed by atoms with Gasteiger partial charge >= 0.3 is 0 Å². The number of benzene rings is 1. The Labute approximate surface area is 171 Å². The quantitative estimate of drug-likeness (QED) is 0.605. The van der Waals surface area contributed by atoms with Crippen LogP contribution >= 0.6 is 22.9 Å². The molecule has 1 aromatic carbocycles. The molecule has 0 unspecified atom stereocenters. The van der Waals surface area contributed by atoms with Gasteiger partial charge in [0.05, 0.1) is 23.4 Å². The van der Waals surface area contributed by atoms with E-state index in [-0.39, 0.29) is 12.4 Å². The molecule has 0 atom stereocenters. The zero-order valence-corrected chi connectivity index (χ0v) is 17.4. The van der Waals surface area contributed by atoms with E-state index in [1.165, 1.54) is 17.4 Å². The highest BCUT2D eigenvalue weighted by Crippen LogP contribution is 2.25. The third-order valence-corrected chi connectivity index (χ3v) is 6.19. The first kappa shape index (κ1) is 20.3. The van der Waals surface area contributed by atoms with E-state index in [1.807, 2.05) is 17.5 Å². The van der Waals surface area contributed by atoms with E-state index in [1.54, 1.807) is 19.1 Å². The lowest BCUT2D eigenvalue weighted by Gasteiger charge is -2.22. The van der Waals surface area contributed by atoms with Crippen molar-refractivity contribution in [2.75, 3.05) is 17.1 Å². The average molecular weight is 441 g/mol. The SMILES string of the molecule is Cc1ccc(N(CC(=O)NCc2nc(-c3cccs3)no2)S(C)(=O)=O)cc1Cl. The Bertz CT molecular complexity index is 1080. The lowest BCUT2D eigenvalue weighted by atomic mass is 10.2. The molecule has 2 aromatic heterocycles. The van der Waals surface area contributed by atoms with Gasteiger partial charge in [0.25, 0.3) is 0 Å². The second-order valence-corrected chi connectivity index (χ2v) is 9.23. The van der Waals surface area contributed by atoms with Crippen LogP contribution in [0.25, 0.3) is 10.7 Å². The number of aromatic nitrogens is 2. The summed E-state index contributed by atoms with van der Waals surface area (Å²) < 4.78 is 30.4. The lowest BCUT2D eigenvalue weighted by Crippen LogP contribution is -2.40. The number of thiophene rings is 1. The number of anilines is 1. The summed E-state index contributed by atoms with van der Waals surface area (Å²) in [4.78, 5) is 17.3. The van der Waals surface area contributed by atoms with Crippen LogP contribution in [0.2, 0.25) is 5.02 Å². The number of rotatable bonds is 7. The van der Waals surface area contributed by atoms with Gasteiger partial charge < -0.3 is 9.84 Å². The Morgan fingerprint density at radius 2 is 2.14 bits per heavy atom. The van der Waals surface area contributed by atoms with Crippen molar-refractivity contribution in [3.05, 3.63) is 52.2 Å². The molecule has 0 aliphatic heterocycles. The van der Waals surface area contributed by atoms with Crippen molar-refractivity contribution < 1.29 is 17.7 Å². The molecule has 1 amide bonds. The number of aryl methyl sites for hydroxylation is 1. The van der Waals surface area contributed by atoms with Crippen molar-refractivity contribution >= 4 is 44.6 Å². The maximum Gasteiger partial charge on any atom is 0.246 e. The van der Waals surface area contributed by atoms with Crippen molar-refractivity contribution in [2.24, 2.45) is 0 Å². The van der Waals surface area contributed by atoms with E-state index < -0.39 is 22.5 Å². The highest BCUT2D eigenvalue weighted by Gasteiger charge is 2.22. The summed E-state index contributed by atoms with van der Waals surface area (Å²) in [6.07, 6.45) is 1.03. The number of hydrogen-bond donors (Lipinski definition) is 1. The Kier molecular flexibility index (Phi) is 6.01. The monoisotopic (exact) mass is 440 g/mol. The van der Waals surface area contributed by atoms with Crippen LogP contribution in [0.15, 0.2) is 40.2 Å². The summed E-state index contributed by atoms with van der Waals surface area (Å²) in [5.41, 5.74) is 1.12. The fourth-order valence-corrected chi connectivity index (χ4v) is 4.00. The van der Waals surface area contributed by atoms with Gasteiger partial charge in [-0.25, -0.2) is 8.42 Å². The molecule has 11 heteroatoms. The van der Waals surface area contributed by atoms with Crippen LogP contribution in [0, 0.1) is 6.92 Å². The first-order chi connectivity index (χ1) is 13.2. The molecule has 3 rings (SSSR count). The summed E-state index contributed by atoms with van der Waals surface area (Å²) in [6.45, 7) is 1.39. The molecule has 0 fully saturated rings. The number of carbonyl (C=O) groups is 1. The number of hydrogen-bond acceptors (Lipinski definition) is 7. The minimum Gasteiger partial charge on any atom is -0.345 e. The summed E-state index contributed by atoms with van der Waals surface area (Å²) in [5.74, 6) is 0.144. The van der Waals surface area contributed by atoms with E-state index in [0.29, 0.717) is 16.5 Å². The second kappa shape index (κ2) is 8.29. The third kappa shape index (κ3) is 4.89. The number of sulfonamides is 1. The summed E-state index contributed by atoms with van der Waals surface area (Å²) >= 11 is 7.55. The van der Waals surface area contributed by atoms with Crippen LogP contribution in [0.4, 0.5) is 5.69 Å². The average Bonchev–Trinajstić information content (AvgIpc) is 3.30. The second-order valence-electron chi connectivity index (χ2n) is 5.97. The van der Waals surface area contributed by atoms with Gasteiger partial charge in [0.1, 0.15) is 6.54 Å². The van der Waals surface area contributed by atoms with Gasteiger partial charge in [-0.15, -0.1) is 11.3 Å². The Hall–Kier alpha value is -2.43. The molecule has 0 saturated heterocycles. The minimum absolute atomic E-state index is 0.0105. The van der Waals surface area contributed by atoms with E-state index in [2.05, 4.69) is 15.5 Å². The van der Waals surface area contributed by atoms with E-state index in [9.17, 15) is 13.2 Å². The molecule has 0 spiro atoms. The smallest absolute Gasteiger partial charge is 0.246 e. The molecule has 0 saturated carbocycles. The van der Waals surface area contributed by atoms with Gasteiger partial charge in [-0.2, -0.15) is 4.98 Å². The van der Waals surface area contributed by atoms with Gasteiger partial charge in [0.2, 0.25) is 27.6 Å². The zero-order valence-electron chi connectivity index (χ0n) is 15.0. The molecule has 148 valence electrons. The third-order valence-electron chi connectivity index (χ3n) is 3.78. The topological polar surface area (TPSA) is 105 Å². The highest BCUT2D eigenvalue weighted by molar-refractivity contribution is 7.92. The molecule has 0 aliphatic rings. The van der Waals surface area contributed by atoms with Crippen molar-refractivity contribution in [3.63, 3.8) is 0 Å². The van der Waals surface area contributed by atoms with Gasteiger partial charge in [0, 0.05) is 5.02 Å². The summed E-state index contributed by atoms with van der Waals surface area (Å²) in [7, 11) is -3.69. The van der Waals surface area contributed by atoms with Crippen LogP contribution in [0.5, 0.6) is 0 Å². The molecule has 8 nitrogen and oxygen atoms in total. The number of halogens is 1. The molecule has 2 heterocycles. The van der Waals surface area contributed by atoms with Crippen molar-refractivity contribution in [2.45, 2.75) is 13.5 Å². The Morgan fingerprint density at radius 1 is 1.36 bits per heavy atom. The van der Waals surface area contributed by atoms with Gasteiger partial charge in [-0.1, -0.05) is 28.9 Å². The van der Waals surface area contributed by atoms with Crippen molar-refractivity contribution in [1.29, 1.82) is 0 Å². The van der Waals surface area contributed by atoms with Crippen LogP contribution < -0.4 is 9.62 Å². The predicted molar refractivity (Wildman–Crippen MR) is 108 cm³/mol. The molecule has 1 N–H and O–H groups in total. The number of nitrogens with zero attached hydrogens (tertiary/aromatic N) is 3. The van der Waals surface area contributed by atoms with Gasteiger partial charge in [-0.05, 0) is 36.1 Å². The molecule has 3 aromatic rings. The molecule has 28 heavy (non-hydrogen) atoms. The largest absolute Gasteiger partial charge is 0.345 e. The van der Waals surface area contributed by atoms with Crippen molar-refractivity contribution in [3.8, 4) is 10.7 Å². The van der Waals surface area contributed by atoms with Gasteiger partial charge in [0.15, 0.2) is 0 Å². The van der Waals surface area contributed by atoms with Crippen LogP contribution in [-0.2, 0) is 21.4 Å². The summed E-state index contributed by atoms with van der Waals surface area (Å²) in [6, 6.07) is 8.53. The normalized spacial score (nSPS) is 11.4. The van der Waals surface area contributed by atoms with Crippen molar-refractivity contribution in [1.82, 2.24) is 15.5 Å². The molecule has 0 radical (unpaired) electrons. The standard InChI is InChI=1S/C17H17ClN4O4S2/c1-11-5-6-12(8-13(11)18)22(28(2,24)25)10-15(23)19-9-16-20-17(21-26-16)14-4-3-7-27-14/h3-8H,9-10H2,1-2H3,(H,19,23).